The number of sulfonamides is 1. The number of anilines is 1. The van der Waals surface area contributed by atoms with Gasteiger partial charge in [0, 0.05) is 12.6 Å². The maximum absolute atomic E-state index is 12.4. The second kappa shape index (κ2) is 5.92. The van der Waals surface area contributed by atoms with Gasteiger partial charge in [-0.05, 0) is 31.4 Å². The summed E-state index contributed by atoms with van der Waals surface area (Å²) >= 11 is 0. The first-order valence-corrected chi connectivity index (χ1v) is 8.02. The van der Waals surface area contributed by atoms with Crippen LogP contribution in [-0.2, 0) is 10.0 Å². The highest BCUT2D eigenvalue weighted by molar-refractivity contribution is 7.89. The van der Waals surface area contributed by atoms with Crippen molar-refractivity contribution >= 4 is 15.7 Å². The van der Waals surface area contributed by atoms with E-state index in [0.717, 1.165) is 0 Å². The Bertz CT molecular complexity index is 518. The summed E-state index contributed by atoms with van der Waals surface area (Å²) in [5.41, 5.74) is 0.513. The molecule has 4 nitrogen and oxygen atoms in total. The number of hydrogen-bond donors (Lipinski definition) is 2. The summed E-state index contributed by atoms with van der Waals surface area (Å²) in [6, 6.07) is 6.81. The van der Waals surface area contributed by atoms with Crippen molar-refractivity contribution in [3.05, 3.63) is 24.3 Å². The van der Waals surface area contributed by atoms with Crippen LogP contribution >= 0.6 is 0 Å². The molecule has 108 valence electrons. The van der Waals surface area contributed by atoms with Crippen molar-refractivity contribution in [1.82, 2.24) is 4.72 Å². The van der Waals surface area contributed by atoms with Crippen LogP contribution in [0, 0.1) is 5.41 Å². The summed E-state index contributed by atoms with van der Waals surface area (Å²) in [4.78, 5) is 0.299. The Balaban J connectivity index is 3.07. The van der Waals surface area contributed by atoms with E-state index in [1.807, 2.05) is 40.7 Å². The van der Waals surface area contributed by atoms with E-state index in [0.29, 0.717) is 17.1 Å². The summed E-state index contributed by atoms with van der Waals surface area (Å²) < 4.78 is 27.6. The highest BCUT2D eigenvalue weighted by Gasteiger charge is 2.27. The third kappa shape index (κ3) is 4.21. The molecule has 19 heavy (non-hydrogen) atoms. The van der Waals surface area contributed by atoms with Crippen LogP contribution in [0.3, 0.4) is 0 Å². The number of para-hydroxylation sites is 1. The molecule has 1 rings (SSSR count). The lowest BCUT2D eigenvalue weighted by atomic mass is 9.89. The molecular weight excluding hydrogens is 260 g/mol. The predicted octanol–water partition coefficient (Wildman–Crippen LogP) is 2.83. The lowest BCUT2D eigenvalue weighted by Gasteiger charge is -2.28. The molecule has 0 amide bonds. The largest absolute Gasteiger partial charge is 0.384 e. The smallest absolute Gasteiger partial charge is 0.242 e. The minimum atomic E-state index is -3.51. The Morgan fingerprint density at radius 1 is 1.21 bits per heavy atom. The van der Waals surface area contributed by atoms with Gasteiger partial charge in [0.15, 0.2) is 0 Å². The number of hydrogen-bond acceptors (Lipinski definition) is 3. The molecule has 1 aromatic rings. The Labute approximate surface area is 116 Å². The van der Waals surface area contributed by atoms with Gasteiger partial charge in [-0.2, -0.15) is 0 Å². The molecule has 2 N–H and O–H groups in total. The van der Waals surface area contributed by atoms with Crippen molar-refractivity contribution in [1.29, 1.82) is 0 Å². The molecular formula is C14H24N2O2S. The van der Waals surface area contributed by atoms with Crippen LogP contribution in [0.15, 0.2) is 29.2 Å². The van der Waals surface area contributed by atoms with E-state index < -0.39 is 10.0 Å². The summed E-state index contributed by atoms with van der Waals surface area (Å²) in [7, 11) is -3.51. The third-order valence-corrected chi connectivity index (χ3v) is 4.77. The van der Waals surface area contributed by atoms with Crippen LogP contribution in [0.1, 0.15) is 34.6 Å². The van der Waals surface area contributed by atoms with E-state index >= 15 is 0 Å². The fraction of sp³-hybridized carbons (Fsp3) is 0.571. The molecule has 0 spiro atoms. The average Bonchev–Trinajstić information content (AvgIpc) is 2.28. The van der Waals surface area contributed by atoms with Crippen molar-refractivity contribution in [2.75, 3.05) is 11.9 Å². The summed E-state index contributed by atoms with van der Waals surface area (Å²) in [6.45, 7) is 10.5. The quantitative estimate of drug-likeness (QED) is 0.874. The van der Waals surface area contributed by atoms with Gasteiger partial charge in [-0.25, -0.2) is 13.1 Å². The molecule has 5 heteroatoms. The lowest BCUT2D eigenvalue weighted by molar-refractivity contribution is 0.317. The highest BCUT2D eigenvalue weighted by Crippen LogP contribution is 2.24. The monoisotopic (exact) mass is 284 g/mol. The molecule has 0 aromatic heterocycles. The highest BCUT2D eigenvalue weighted by atomic mass is 32.2. The molecule has 0 saturated heterocycles. The fourth-order valence-electron chi connectivity index (χ4n) is 1.51. The Morgan fingerprint density at radius 2 is 1.79 bits per heavy atom. The summed E-state index contributed by atoms with van der Waals surface area (Å²) in [5, 5.41) is 3.08. The van der Waals surface area contributed by atoms with Gasteiger partial charge in [-0.3, -0.25) is 0 Å². The minimum absolute atomic E-state index is 0.125. The minimum Gasteiger partial charge on any atom is -0.384 e. The molecule has 0 saturated carbocycles. The molecule has 1 atom stereocenters. The van der Waals surface area contributed by atoms with Gasteiger partial charge in [0.1, 0.15) is 4.90 Å². The van der Waals surface area contributed by atoms with Crippen molar-refractivity contribution < 1.29 is 8.42 Å². The van der Waals surface area contributed by atoms with Crippen LogP contribution in [0.5, 0.6) is 0 Å². The fourth-order valence-corrected chi connectivity index (χ4v) is 3.14. The van der Waals surface area contributed by atoms with Gasteiger partial charge in [0.05, 0.1) is 5.69 Å². The van der Waals surface area contributed by atoms with E-state index in [9.17, 15) is 8.42 Å². The number of nitrogens with one attached hydrogen (secondary N) is 2. The lowest BCUT2D eigenvalue weighted by Crippen LogP contribution is -2.41. The van der Waals surface area contributed by atoms with Gasteiger partial charge in [-0.15, -0.1) is 0 Å². The molecule has 0 radical (unpaired) electrons. The molecule has 0 aliphatic heterocycles. The molecule has 0 bridgehead atoms. The van der Waals surface area contributed by atoms with Crippen molar-refractivity contribution in [3.8, 4) is 0 Å². The van der Waals surface area contributed by atoms with Crippen LogP contribution in [0.25, 0.3) is 0 Å². The van der Waals surface area contributed by atoms with Crippen LogP contribution in [0.4, 0.5) is 5.69 Å². The SMILES string of the molecule is CCNc1ccccc1S(=O)(=O)NC(C)C(C)(C)C. The zero-order valence-corrected chi connectivity index (χ0v) is 13.1. The Hall–Kier alpha value is -1.07. The molecule has 0 aliphatic rings. The molecule has 1 aromatic carbocycles. The van der Waals surface area contributed by atoms with E-state index in [4.69, 9.17) is 0 Å². The molecule has 1 unspecified atom stereocenters. The summed E-state index contributed by atoms with van der Waals surface area (Å²) in [6.07, 6.45) is 0. The van der Waals surface area contributed by atoms with Crippen molar-refractivity contribution in [3.63, 3.8) is 0 Å². The standard InChI is InChI=1S/C14H24N2O2S/c1-6-15-12-9-7-8-10-13(12)19(17,18)16-11(2)14(3,4)5/h7-11,15-16H,6H2,1-5H3. The number of rotatable bonds is 5. The zero-order chi connectivity index (χ0) is 14.7. The van der Waals surface area contributed by atoms with Crippen LogP contribution in [-0.4, -0.2) is 21.0 Å². The Morgan fingerprint density at radius 3 is 2.32 bits per heavy atom. The van der Waals surface area contributed by atoms with Gasteiger partial charge in [-0.1, -0.05) is 32.9 Å². The molecule has 0 aliphatic carbocycles. The maximum Gasteiger partial charge on any atom is 0.242 e. The van der Waals surface area contributed by atoms with Crippen molar-refractivity contribution in [2.45, 2.75) is 45.6 Å². The van der Waals surface area contributed by atoms with Crippen LogP contribution < -0.4 is 10.0 Å². The topological polar surface area (TPSA) is 58.2 Å². The van der Waals surface area contributed by atoms with Gasteiger partial charge < -0.3 is 5.32 Å². The zero-order valence-electron chi connectivity index (χ0n) is 12.3. The third-order valence-electron chi connectivity index (χ3n) is 3.17. The first-order valence-electron chi connectivity index (χ1n) is 6.53. The van der Waals surface area contributed by atoms with Crippen LogP contribution in [0.2, 0.25) is 0 Å². The van der Waals surface area contributed by atoms with E-state index in [1.54, 1.807) is 18.2 Å². The first kappa shape index (κ1) is 16.0. The molecule has 0 heterocycles. The second-order valence-corrected chi connectivity index (χ2v) is 7.42. The Kier molecular flexibility index (Phi) is 4.98. The van der Waals surface area contributed by atoms with Gasteiger partial charge in [0.2, 0.25) is 10.0 Å². The first-order chi connectivity index (χ1) is 8.68. The number of benzene rings is 1. The van der Waals surface area contributed by atoms with Gasteiger partial charge in [0.25, 0.3) is 0 Å². The van der Waals surface area contributed by atoms with Crippen molar-refractivity contribution in [2.24, 2.45) is 5.41 Å². The molecule has 0 fully saturated rings. The second-order valence-electron chi connectivity index (χ2n) is 5.74. The van der Waals surface area contributed by atoms with E-state index in [2.05, 4.69) is 10.0 Å². The average molecular weight is 284 g/mol. The van der Waals surface area contributed by atoms with E-state index in [-0.39, 0.29) is 11.5 Å². The normalized spacial score (nSPS) is 14.2. The van der Waals surface area contributed by atoms with E-state index in [1.165, 1.54) is 0 Å². The maximum atomic E-state index is 12.4. The summed E-state index contributed by atoms with van der Waals surface area (Å²) in [5.74, 6) is 0. The predicted molar refractivity (Wildman–Crippen MR) is 79.8 cm³/mol. The van der Waals surface area contributed by atoms with Gasteiger partial charge >= 0.3 is 0 Å².